The van der Waals surface area contributed by atoms with Gasteiger partial charge in [0.05, 0.1) is 12.7 Å². The van der Waals surface area contributed by atoms with E-state index in [1.54, 1.807) is 7.11 Å². The molecule has 1 N–H and O–H groups in total. The first-order valence-electron chi connectivity index (χ1n) is 8.08. The smallest absolute Gasteiger partial charge is 0.0639 e. The van der Waals surface area contributed by atoms with Gasteiger partial charge in [-0.25, -0.2) is 0 Å². The van der Waals surface area contributed by atoms with Crippen LogP contribution in [0.4, 0.5) is 0 Å². The van der Waals surface area contributed by atoms with E-state index >= 15 is 0 Å². The van der Waals surface area contributed by atoms with E-state index in [-0.39, 0.29) is 0 Å². The molecule has 2 rings (SSSR count). The number of hydrogen-bond acceptors (Lipinski definition) is 3. The Morgan fingerprint density at radius 2 is 2.05 bits per heavy atom. The molecule has 1 aliphatic rings. The molecule has 1 saturated heterocycles. The van der Waals surface area contributed by atoms with Gasteiger partial charge in [-0.3, -0.25) is 0 Å². The minimum absolute atomic E-state index is 0.366. The number of nitrogens with one attached hydrogen (secondary N) is 1. The topological polar surface area (TPSA) is 30.5 Å². The average Bonchev–Trinajstić information content (AvgIpc) is 2.95. The number of rotatable bonds is 8. The van der Waals surface area contributed by atoms with Crippen LogP contribution in [-0.4, -0.2) is 39.0 Å². The van der Waals surface area contributed by atoms with Crippen LogP contribution in [0.25, 0.3) is 0 Å². The van der Waals surface area contributed by atoms with Gasteiger partial charge in [0, 0.05) is 26.3 Å². The highest BCUT2D eigenvalue weighted by molar-refractivity contribution is 5.15. The fraction of sp³-hybridized carbons (Fsp3) is 0.667. The van der Waals surface area contributed by atoms with Crippen LogP contribution in [0, 0.1) is 11.8 Å². The number of hydrogen-bond donors (Lipinski definition) is 1. The van der Waals surface area contributed by atoms with Crippen molar-refractivity contribution < 1.29 is 9.47 Å². The van der Waals surface area contributed by atoms with Gasteiger partial charge >= 0.3 is 0 Å². The molecule has 0 spiro atoms. The minimum Gasteiger partial charge on any atom is -0.383 e. The van der Waals surface area contributed by atoms with Crippen LogP contribution in [0.1, 0.15) is 25.8 Å². The van der Waals surface area contributed by atoms with Gasteiger partial charge in [-0.05, 0) is 30.2 Å². The quantitative estimate of drug-likeness (QED) is 0.799. The molecule has 0 aromatic heterocycles. The lowest BCUT2D eigenvalue weighted by atomic mass is 9.92. The maximum Gasteiger partial charge on any atom is 0.0639 e. The van der Waals surface area contributed by atoms with Crippen molar-refractivity contribution in [2.45, 2.75) is 38.8 Å². The predicted molar refractivity (Wildman–Crippen MR) is 86.5 cm³/mol. The fourth-order valence-corrected chi connectivity index (χ4v) is 3.22. The lowest BCUT2D eigenvalue weighted by molar-refractivity contribution is 0.0523. The fourth-order valence-electron chi connectivity index (χ4n) is 3.22. The highest BCUT2D eigenvalue weighted by Crippen LogP contribution is 2.26. The van der Waals surface area contributed by atoms with Crippen LogP contribution in [0.2, 0.25) is 0 Å². The zero-order valence-corrected chi connectivity index (χ0v) is 13.5. The molecule has 1 heterocycles. The van der Waals surface area contributed by atoms with E-state index in [1.165, 1.54) is 12.0 Å². The Bertz CT molecular complexity index is 393. The third kappa shape index (κ3) is 5.10. The van der Waals surface area contributed by atoms with Crippen LogP contribution >= 0.6 is 0 Å². The molecule has 3 atom stereocenters. The van der Waals surface area contributed by atoms with Gasteiger partial charge in [-0.15, -0.1) is 0 Å². The van der Waals surface area contributed by atoms with Gasteiger partial charge in [0.25, 0.3) is 0 Å². The molecule has 1 aliphatic heterocycles. The third-order valence-corrected chi connectivity index (χ3v) is 4.28. The molecule has 1 aromatic rings. The van der Waals surface area contributed by atoms with Crippen LogP contribution in [0.3, 0.4) is 0 Å². The molecule has 0 unspecified atom stereocenters. The van der Waals surface area contributed by atoms with Gasteiger partial charge in [0.1, 0.15) is 0 Å². The van der Waals surface area contributed by atoms with E-state index in [1.807, 2.05) is 0 Å². The summed E-state index contributed by atoms with van der Waals surface area (Å²) in [6.45, 7) is 7.17. The van der Waals surface area contributed by atoms with Crippen molar-refractivity contribution >= 4 is 0 Å². The molecule has 3 heteroatoms. The first-order valence-corrected chi connectivity index (χ1v) is 8.08. The van der Waals surface area contributed by atoms with E-state index in [0.717, 1.165) is 26.2 Å². The average molecular weight is 291 g/mol. The molecule has 0 amide bonds. The van der Waals surface area contributed by atoms with Gasteiger partial charge in [0.2, 0.25) is 0 Å². The lowest BCUT2D eigenvalue weighted by Crippen LogP contribution is -2.40. The van der Waals surface area contributed by atoms with E-state index in [4.69, 9.17) is 9.47 Å². The summed E-state index contributed by atoms with van der Waals surface area (Å²) in [6.07, 6.45) is 2.58. The van der Waals surface area contributed by atoms with Gasteiger partial charge in [-0.2, -0.15) is 0 Å². The summed E-state index contributed by atoms with van der Waals surface area (Å²) in [5.74, 6) is 1.22. The highest BCUT2D eigenvalue weighted by atomic mass is 16.5. The largest absolute Gasteiger partial charge is 0.383 e. The van der Waals surface area contributed by atoms with E-state index in [0.29, 0.717) is 24.0 Å². The van der Waals surface area contributed by atoms with Gasteiger partial charge < -0.3 is 14.8 Å². The number of benzene rings is 1. The summed E-state index contributed by atoms with van der Waals surface area (Å²) in [5.41, 5.74) is 1.36. The summed E-state index contributed by atoms with van der Waals surface area (Å²) < 4.78 is 11.2. The van der Waals surface area contributed by atoms with E-state index in [2.05, 4.69) is 49.5 Å². The molecule has 3 nitrogen and oxygen atoms in total. The summed E-state index contributed by atoms with van der Waals surface area (Å²) in [4.78, 5) is 0. The Kier molecular flexibility index (Phi) is 6.68. The monoisotopic (exact) mass is 291 g/mol. The van der Waals surface area contributed by atoms with Gasteiger partial charge in [0.15, 0.2) is 0 Å². The Morgan fingerprint density at radius 1 is 1.29 bits per heavy atom. The second kappa shape index (κ2) is 8.52. The Morgan fingerprint density at radius 3 is 2.71 bits per heavy atom. The first kappa shape index (κ1) is 16.5. The second-order valence-electron chi connectivity index (χ2n) is 6.38. The molecule has 0 radical (unpaired) electrons. The van der Waals surface area contributed by atoms with Crippen molar-refractivity contribution in [3.8, 4) is 0 Å². The normalized spacial score (nSPS) is 23.6. The molecule has 118 valence electrons. The Hall–Kier alpha value is -0.900. The maximum atomic E-state index is 5.87. The summed E-state index contributed by atoms with van der Waals surface area (Å²) in [7, 11) is 1.77. The van der Waals surface area contributed by atoms with Crippen molar-refractivity contribution in [3.63, 3.8) is 0 Å². The van der Waals surface area contributed by atoms with Crippen molar-refractivity contribution in [3.05, 3.63) is 35.9 Å². The maximum absolute atomic E-state index is 5.87. The molecule has 0 aliphatic carbocycles. The zero-order chi connectivity index (χ0) is 15.1. The van der Waals surface area contributed by atoms with Crippen LogP contribution in [0.15, 0.2) is 30.3 Å². The van der Waals surface area contributed by atoms with Crippen LogP contribution in [-0.2, 0) is 15.9 Å². The summed E-state index contributed by atoms with van der Waals surface area (Å²) >= 11 is 0. The van der Waals surface area contributed by atoms with Gasteiger partial charge in [-0.1, -0.05) is 44.2 Å². The predicted octanol–water partition coefficient (Wildman–Crippen LogP) is 2.89. The molecule has 0 saturated carbocycles. The third-order valence-electron chi connectivity index (χ3n) is 4.28. The molecule has 21 heavy (non-hydrogen) atoms. The van der Waals surface area contributed by atoms with Crippen molar-refractivity contribution in [2.75, 3.05) is 26.9 Å². The molecule has 1 aromatic carbocycles. The van der Waals surface area contributed by atoms with Crippen LogP contribution < -0.4 is 5.32 Å². The Labute approximate surface area is 129 Å². The van der Waals surface area contributed by atoms with Crippen molar-refractivity contribution in [1.82, 2.24) is 5.32 Å². The summed E-state index contributed by atoms with van der Waals surface area (Å²) in [6, 6.07) is 11.0. The molecular weight excluding hydrogens is 262 g/mol. The SMILES string of the molecule is COC[C@H](Cc1ccccc1)NC[C@H]1CCO[C@@H]1C(C)C. The number of methoxy groups -OCH3 is 1. The second-order valence-corrected chi connectivity index (χ2v) is 6.38. The first-order chi connectivity index (χ1) is 10.2. The molecule has 0 bridgehead atoms. The lowest BCUT2D eigenvalue weighted by Gasteiger charge is -2.25. The molecular formula is C18H29NO2. The minimum atomic E-state index is 0.366. The summed E-state index contributed by atoms with van der Waals surface area (Å²) in [5, 5.41) is 3.69. The van der Waals surface area contributed by atoms with Crippen molar-refractivity contribution in [1.29, 1.82) is 0 Å². The van der Waals surface area contributed by atoms with Crippen LogP contribution in [0.5, 0.6) is 0 Å². The molecule has 1 fully saturated rings. The van der Waals surface area contributed by atoms with E-state index in [9.17, 15) is 0 Å². The zero-order valence-electron chi connectivity index (χ0n) is 13.5. The Balaban J connectivity index is 1.85. The number of ether oxygens (including phenoxy) is 2. The standard InChI is InChI=1S/C18H29NO2/c1-14(2)18-16(9-10-21-18)12-19-17(13-20-3)11-15-7-5-4-6-8-15/h4-8,14,16-19H,9-13H2,1-3H3/t16-,17+,18-/m1/s1. The van der Waals surface area contributed by atoms with Crippen molar-refractivity contribution in [2.24, 2.45) is 11.8 Å². The van der Waals surface area contributed by atoms with E-state index < -0.39 is 0 Å². The highest BCUT2D eigenvalue weighted by Gasteiger charge is 2.30.